The maximum absolute atomic E-state index is 13.6. The molecule has 2 aromatic rings. The van der Waals surface area contributed by atoms with Crippen LogP contribution in [0.3, 0.4) is 0 Å². The van der Waals surface area contributed by atoms with Gasteiger partial charge in [-0.15, -0.1) is 0 Å². The molecule has 0 aromatic heterocycles. The van der Waals surface area contributed by atoms with E-state index in [4.69, 9.17) is 23.2 Å². The van der Waals surface area contributed by atoms with Gasteiger partial charge in [0, 0.05) is 10.6 Å². The van der Waals surface area contributed by atoms with Crippen molar-refractivity contribution >= 4 is 41.2 Å². The Labute approximate surface area is 147 Å². The summed E-state index contributed by atoms with van der Waals surface area (Å²) in [4.78, 5) is 23.5. The van der Waals surface area contributed by atoms with Crippen LogP contribution in [0.1, 0.15) is 15.9 Å². The number of hydrazone groups is 1. The van der Waals surface area contributed by atoms with E-state index in [0.717, 1.165) is 6.07 Å². The summed E-state index contributed by atoms with van der Waals surface area (Å²) in [6, 6.07) is 10.8. The van der Waals surface area contributed by atoms with Crippen LogP contribution < -0.4 is 10.7 Å². The number of halogens is 3. The average Bonchev–Trinajstić information content (AvgIpc) is 2.54. The van der Waals surface area contributed by atoms with Crippen LogP contribution in [-0.2, 0) is 4.79 Å². The van der Waals surface area contributed by atoms with Gasteiger partial charge in [-0.25, -0.2) is 9.82 Å². The molecule has 0 atom stereocenters. The van der Waals surface area contributed by atoms with Gasteiger partial charge in [0.2, 0.25) is 0 Å². The van der Waals surface area contributed by atoms with Crippen molar-refractivity contribution in [2.75, 3.05) is 6.54 Å². The van der Waals surface area contributed by atoms with Crippen molar-refractivity contribution in [1.29, 1.82) is 0 Å². The topological polar surface area (TPSA) is 70.6 Å². The molecule has 0 saturated carbocycles. The predicted octanol–water partition coefficient (Wildman–Crippen LogP) is 3.01. The number of benzene rings is 2. The highest BCUT2D eigenvalue weighted by molar-refractivity contribution is 6.34. The van der Waals surface area contributed by atoms with Crippen molar-refractivity contribution in [3.8, 4) is 0 Å². The molecule has 0 spiro atoms. The Bertz CT molecular complexity index is 776. The lowest BCUT2D eigenvalue weighted by Crippen LogP contribution is -2.35. The molecule has 5 nitrogen and oxygen atoms in total. The molecule has 0 aliphatic heterocycles. The van der Waals surface area contributed by atoms with Crippen LogP contribution in [0, 0.1) is 5.82 Å². The molecule has 0 saturated heterocycles. The van der Waals surface area contributed by atoms with E-state index in [1.54, 1.807) is 24.3 Å². The summed E-state index contributed by atoms with van der Waals surface area (Å²) in [5.41, 5.74) is 2.54. The van der Waals surface area contributed by atoms with E-state index in [-0.39, 0.29) is 17.1 Å². The minimum absolute atomic E-state index is 0.0374. The fourth-order valence-electron chi connectivity index (χ4n) is 1.76. The third-order valence-electron chi connectivity index (χ3n) is 2.90. The van der Waals surface area contributed by atoms with Gasteiger partial charge in [0.15, 0.2) is 0 Å². The molecule has 0 bridgehead atoms. The molecule has 124 valence electrons. The maximum atomic E-state index is 13.6. The van der Waals surface area contributed by atoms with Crippen LogP contribution in [0.5, 0.6) is 0 Å². The molecule has 0 heterocycles. The van der Waals surface area contributed by atoms with E-state index in [0.29, 0.717) is 10.6 Å². The van der Waals surface area contributed by atoms with Gasteiger partial charge in [0.1, 0.15) is 5.82 Å². The molecular weight excluding hydrogens is 356 g/mol. The molecule has 8 heteroatoms. The highest BCUT2D eigenvalue weighted by atomic mass is 35.5. The molecule has 2 N–H and O–H groups in total. The highest BCUT2D eigenvalue weighted by Gasteiger charge is 2.16. The van der Waals surface area contributed by atoms with Crippen LogP contribution >= 0.6 is 23.2 Å². The van der Waals surface area contributed by atoms with E-state index in [1.807, 2.05) is 0 Å². The second-order valence-electron chi connectivity index (χ2n) is 4.59. The molecule has 0 aliphatic carbocycles. The van der Waals surface area contributed by atoms with Crippen LogP contribution in [0.25, 0.3) is 0 Å². The van der Waals surface area contributed by atoms with Gasteiger partial charge in [0.05, 0.1) is 23.3 Å². The lowest BCUT2D eigenvalue weighted by Gasteiger charge is -2.06. The highest BCUT2D eigenvalue weighted by Crippen LogP contribution is 2.18. The number of carbonyl (C=O) groups excluding carboxylic acids is 2. The normalized spacial score (nSPS) is 10.6. The summed E-state index contributed by atoms with van der Waals surface area (Å²) in [6.07, 6.45) is 1.37. The van der Waals surface area contributed by atoms with Crippen molar-refractivity contribution < 1.29 is 14.0 Å². The molecule has 0 unspecified atom stereocenters. The van der Waals surface area contributed by atoms with E-state index in [1.165, 1.54) is 18.3 Å². The molecule has 24 heavy (non-hydrogen) atoms. The van der Waals surface area contributed by atoms with Gasteiger partial charge in [-0.2, -0.15) is 5.10 Å². The quantitative estimate of drug-likeness (QED) is 0.629. The molecule has 0 fully saturated rings. The van der Waals surface area contributed by atoms with Crippen LogP contribution in [0.15, 0.2) is 47.6 Å². The van der Waals surface area contributed by atoms with E-state index < -0.39 is 17.6 Å². The first-order chi connectivity index (χ1) is 11.5. The summed E-state index contributed by atoms with van der Waals surface area (Å²) < 4.78 is 13.6. The smallest absolute Gasteiger partial charge is 0.259 e. The number of hydrogen-bond donors (Lipinski definition) is 2. The number of hydrogen-bond acceptors (Lipinski definition) is 3. The molecule has 2 amide bonds. The first kappa shape index (κ1) is 17.9. The van der Waals surface area contributed by atoms with Crippen molar-refractivity contribution in [3.63, 3.8) is 0 Å². The van der Waals surface area contributed by atoms with E-state index >= 15 is 0 Å². The second kappa shape index (κ2) is 8.42. The van der Waals surface area contributed by atoms with Gasteiger partial charge >= 0.3 is 0 Å². The minimum atomic E-state index is -0.789. The molecule has 2 aromatic carbocycles. The fraction of sp³-hybridized carbons (Fsp3) is 0.0625. The first-order valence-corrected chi connectivity index (χ1v) is 7.53. The zero-order chi connectivity index (χ0) is 17.5. The van der Waals surface area contributed by atoms with E-state index in [9.17, 15) is 14.0 Å². The lowest BCUT2D eigenvalue weighted by molar-refractivity contribution is -0.120. The first-order valence-electron chi connectivity index (χ1n) is 6.77. The summed E-state index contributed by atoms with van der Waals surface area (Å²) in [7, 11) is 0. The standard InChI is InChI=1S/C16H12Cl2FN3O2/c17-11-5-2-1-4-10(11)8-21-22-14(23)9-20-16(24)15-12(18)6-3-7-13(15)19/h1-8H,9H2,(H,20,24)(H,22,23)/b21-8+. The Morgan fingerprint density at radius 1 is 1.08 bits per heavy atom. The van der Waals surface area contributed by atoms with Gasteiger partial charge in [0.25, 0.3) is 11.8 Å². The second-order valence-corrected chi connectivity index (χ2v) is 5.41. The molecule has 0 aliphatic rings. The van der Waals surface area contributed by atoms with Gasteiger partial charge in [-0.3, -0.25) is 9.59 Å². The van der Waals surface area contributed by atoms with Crippen molar-refractivity contribution in [2.45, 2.75) is 0 Å². The molecule has 2 rings (SSSR count). The number of nitrogens with one attached hydrogen (secondary N) is 2. The molecule has 0 radical (unpaired) electrons. The average molecular weight is 368 g/mol. The minimum Gasteiger partial charge on any atom is -0.343 e. The number of nitrogens with zero attached hydrogens (tertiary/aromatic N) is 1. The SMILES string of the molecule is O=C(CNC(=O)c1c(F)cccc1Cl)N/N=C/c1ccccc1Cl. The third-order valence-corrected chi connectivity index (χ3v) is 3.56. The Kier molecular flexibility index (Phi) is 6.28. The summed E-state index contributed by atoms with van der Waals surface area (Å²) in [5.74, 6) is -2.14. The summed E-state index contributed by atoms with van der Waals surface area (Å²) in [5, 5.41) is 6.44. The third kappa shape index (κ3) is 4.78. The number of amides is 2. The lowest BCUT2D eigenvalue weighted by atomic mass is 10.2. The number of rotatable bonds is 5. The zero-order valence-corrected chi connectivity index (χ0v) is 13.7. The van der Waals surface area contributed by atoms with Crippen LogP contribution in [0.4, 0.5) is 4.39 Å². The summed E-state index contributed by atoms with van der Waals surface area (Å²) >= 11 is 11.7. The number of carbonyl (C=O) groups is 2. The summed E-state index contributed by atoms with van der Waals surface area (Å²) in [6.45, 7) is -0.386. The Balaban J connectivity index is 1.87. The van der Waals surface area contributed by atoms with Crippen molar-refractivity contribution in [2.24, 2.45) is 5.10 Å². The van der Waals surface area contributed by atoms with Gasteiger partial charge in [-0.05, 0) is 18.2 Å². The van der Waals surface area contributed by atoms with Gasteiger partial charge < -0.3 is 5.32 Å². The van der Waals surface area contributed by atoms with Crippen molar-refractivity contribution in [3.05, 3.63) is 69.5 Å². The predicted molar refractivity (Wildman–Crippen MR) is 90.9 cm³/mol. The molecular formula is C16H12Cl2FN3O2. The Morgan fingerprint density at radius 3 is 2.50 bits per heavy atom. The Morgan fingerprint density at radius 2 is 1.79 bits per heavy atom. The fourth-order valence-corrected chi connectivity index (χ4v) is 2.19. The maximum Gasteiger partial charge on any atom is 0.259 e. The monoisotopic (exact) mass is 367 g/mol. The van der Waals surface area contributed by atoms with Gasteiger partial charge in [-0.1, -0.05) is 47.5 Å². The van der Waals surface area contributed by atoms with E-state index in [2.05, 4.69) is 15.8 Å². The zero-order valence-electron chi connectivity index (χ0n) is 12.2. The largest absolute Gasteiger partial charge is 0.343 e. The van der Waals surface area contributed by atoms with Crippen molar-refractivity contribution in [1.82, 2.24) is 10.7 Å². The van der Waals surface area contributed by atoms with Crippen LogP contribution in [-0.4, -0.2) is 24.6 Å². The van der Waals surface area contributed by atoms with Crippen LogP contribution in [0.2, 0.25) is 10.0 Å². The Hall–Kier alpha value is -2.44.